The van der Waals surface area contributed by atoms with Crippen molar-refractivity contribution < 1.29 is 19.4 Å². The fourth-order valence-electron chi connectivity index (χ4n) is 2.94. The highest BCUT2D eigenvalue weighted by molar-refractivity contribution is 6.01. The highest BCUT2D eigenvalue weighted by atomic mass is 16.5. The van der Waals surface area contributed by atoms with E-state index in [1.807, 2.05) is 30.3 Å². The Balaban J connectivity index is 2.04. The highest BCUT2D eigenvalue weighted by Crippen LogP contribution is 2.39. The first kappa shape index (κ1) is 15.2. The minimum atomic E-state index is -1.57. The number of esters is 1. The second-order valence-corrected chi connectivity index (χ2v) is 5.49. The molecule has 1 aliphatic heterocycles. The summed E-state index contributed by atoms with van der Waals surface area (Å²) in [5.41, 5.74) is 0.227. The Hall–Kier alpha value is -2.66. The molecule has 0 spiro atoms. The number of hydrogen-bond donors (Lipinski definition) is 1. The monoisotopic (exact) mass is 311 g/mol. The Morgan fingerprint density at radius 2 is 1.78 bits per heavy atom. The quantitative estimate of drug-likeness (QED) is 0.873. The van der Waals surface area contributed by atoms with E-state index in [0.717, 1.165) is 5.56 Å². The maximum atomic E-state index is 12.6. The van der Waals surface area contributed by atoms with Crippen molar-refractivity contribution in [3.63, 3.8) is 0 Å². The van der Waals surface area contributed by atoms with Crippen molar-refractivity contribution in [1.29, 1.82) is 0 Å². The largest absolute Gasteiger partial charge is 0.468 e. The van der Waals surface area contributed by atoms with E-state index in [2.05, 4.69) is 4.74 Å². The molecule has 0 radical (unpaired) electrons. The number of ether oxygens (including phenoxy) is 1. The SMILES string of the molecule is COC(=O)CN1C(=O)c2ccccc2C1(O)Cc1ccccc1. The zero-order chi connectivity index (χ0) is 16.4. The van der Waals surface area contributed by atoms with Crippen LogP contribution in [0.25, 0.3) is 0 Å². The van der Waals surface area contributed by atoms with E-state index in [1.165, 1.54) is 12.0 Å². The predicted molar refractivity (Wildman–Crippen MR) is 83.5 cm³/mol. The lowest BCUT2D eigenvalue weighted by atomic mass is 9.94. The maximum Gasteiger partial charge on any atom is 0.325 e. The average Bonchev–Trinajstić information content (AvgIpc) is 2.78. The first-order valence-electron chi connectivity index (χ1n) is 7.31. The molecule has 1 unspecified atom stereocenters. The lowest BCUT2D eigenvalue weighted by molar-refractivity contribution is -0.149. The van der Waals surface area contributed by atoms with Crippen LogP contribution in [0.3, 0.4) is 0 Å². The van der Waals surface area contributed by atoms with Gasteiger partial charge in [-0.1, -0.05) is 48.5 Å². The molecule has 23 heavy (non-hydrogen) atoms. The number of nitrogens with zero attached hydrogens (tertiary/aromatic N) is 1. The van der Waals surface area contributed by atoms with Gasteiger partial charge in [0.15, 0.2) is 5.72 Å². The Kier molecular flexibility index (Phi) is 3.88. The van der Waals surface area contributed by atoms with Gasteiger partial charge in [0.25, 0.3) is 5.91 Å². The van der Waals surface area contributed by atoms with Gasteiger partial charge in [-0.25, -0.2) is 0 Å². The second-order valence-electron chi connectivity index (χ2n) is 5.49. The molecule has 0 aliphatic carbocycles. The van der Waals surface area contributed by atoms with Gasteiger partial charge in [-0.3, -0.25) is 14.5 Å². The molecule has 0 bridgehead atoms. The van der Waals surface area contributed by atoms with E-state index in [4.69, 9.17) is 0 Å². The predicted octanol–water partition coefficient (Wildman–Crippen LogP) is 1.70. The van der Waals surface area contributed by atoms with E-state index in [-0.39, 0.29) is 18.9 Å². The number of benzene rings is 2. The minimum Gasteiger partial charge on any atom is -0.468 e. The lowest BCUT2D eigenvalue weighted by Crippen LogP contribution is -2.48. The summed E-state index contributed by atoms with van der Waals surface area (Å²) in [7, 11) is 1.26. The number of amides is 1. The molecule has 0 saturated carbocycles. The van der Waals surface area contributed by atoms with Crippen molar-refractivity contribution in [2.75, 3.05) is 13.7 Å². The van der Waals surface area contributed by atoms with Crippen LogP contribution in [-0.4, -0.2) is 35.5 Å². The number of hydrogen-bond acceptors (Lipinski definition) is 4. The third-order valence-corrected chi connectivity index (χ3v) is 4.09. The van der Waals surface area contributed by atoms with Crippen molar-refractivity contribution >= 4 is 11.9 Å². The van der Waals surface area contributed by atoms with Crippen LogP contribution in [0.15, 0.2) is 54.6 Å². The summed E-state index contributed by atoms with van der Waals surface area (Å²) >= 11 is 0. The van der Waals surface area contributed by atoms with Crippen molar-refractivity contribution in [3.8, 4) is 0 Å². The van der Waals surface area contributed by atoms with Crippen molar-refractivity contribution in [2.24, 2.45) is 0 Å². The highest BCUT2D eigenvalue weighted by Gasteiger charge is 2.49. The van der Waals surface area contributed by atoms with E-state index in [1.54, 1.807) is 24.3 Å². The van der Waals surface area contributed by atoms with E-state index in [0.29, 0.717) is 11.1 Å². The Bertz CT molecular complexity index is 744. The summed E-state index contributed by atoms with van der Waals surface area (Å²) in [6.45, 7) is -0.298. The zero-order valence-corrected chi connectivity index (χ0v) is 12.7. The van der Waals surface area contributed by atoms with Crippen LogP contribution < -0.4 is 0 Å². The van der Waals surface area contributed by atoms with E-state index in [9.17, 15) is 14.7 Å². The van der Waals surface area contributed by atoms with Gasteiger partial charge in [-0.15, -0.1) is 0 Å². The van der Waals surface area contributed by atoms with Crippen LogP contribution in [0.1, 0.15) is 21.5 Å². The summed E-state index contributed by atoms with van der Waals surface area (Å²) in [6, 6.07) is 16.2. The van der Waals surface area contributed by atoms with Crippen LogP contribution in [0.5, 0.6) is 0 Å². The molecule has 0 fully saturated rings. The molecular formula is C18H17NO4. The first-order chi connectivity index (χ1) is 11.1. The summed E-state index contributed by atoms with van der Waals surface area (Å²) in [4.78, 5) is 25.5. The Labute approximate surface area is 134 Å². The van der Waals surface area contributed by atoms with Crippen molar-refractivity contribution in [2.45, 2.75) is 12.1 Å². The van der Waals surface area contributed by atoms with Crippen LogP contribution >= 0.6 is 0 Å². The number of aliphatic hydroxyl groups is 1. The van der Waals surface area contributed by atoms with Gasteiger partial charge in [0, 0.05) is 17.5 Å². The molecule has 0 aromatic heterocycles. The van der Waals surface area contributed by atoms with Crippen molar-refractivity contribution in [1.82, 2.24) is 4.90 Å². The van der Waals surface area contributed by atoms with Gasteiger partial charge < -0.3 is 9.84 Å². The molecule has 5 heteroatoms. The molecule has 118 valence electrons. The molecule has 1 aliphatic rings. The third-order valence-electron chi connectivity index (χ3n) is 4.09. The van der Waals surface area contributed by atoms with Gasteiger partial charge in [-0.2, -0.15) is 0 Å². The summed E-state index contributed by atoms with van der Waals surface area (Å²) in [5, 5.41) is 11.3. The molecule has 2 aromatic rings. The molecule has 1 amide bonds. The van der Waals surface area contributed by atoms with E-state index < -0.39 is 11.7 Å². The Morgan fingerprint density at radius 1 is 1.13 bits per heavy atom. The van der Waals surface area contributed by atoms with Gasteiger partial charge in [0.2, 0.25) is 0 Å². The Morgan fingerprint density at radius 3 is 2.48 bits per heavy atom. The van der Waals surface area contributed by atoms with Gasteiger partial charge in [0.1, 0.15) is 6.54 Å². The average molecular weight is 311 g/mol. The van der Waals surface area contributed by atoms with Crippen LogP contribution in [0.4, 0.5) is 0 Å². The standard InChI is InChI=1S/C18H17NO4/c1-23-16(20)12-19-17(21)14-9-5-6-10-15(14)18(19,22)11-13-7-3-2-4-8-13/h2-10,22H,11-12H2,1H3. The normalized spacial score (nSPS) is 19.6. The van der Waals surface area contributed by atoms with Gasteiger partial charge in [0.05, 0.1) is 7.11 Å². The zero-order valence-electron chi connectivity index (χ0n) is 12.7. The molecular weight excluding hydrogens is 294 g/mol. The topological polar surface area (TPSA) is 66.8 Å². The molecule has 1 N–H and O–H groups in total. The first-order valence-corrected chi connectivity index (χ1v) is 7.31. The number of rotatable bonds is 4. The lowest BCUT2D eigenvalue weighted by Gasteiger charge is -2.33. The van der Waals surface area contributed by atoms with Crippen LogP contribution in [0.2, 0.25) is 0 Å². The van der Waals surface area contributed by atoms with Gasteiger partial charge >= 0.3 is 5.97 Å². The smallest absolute Gasteiger partial charge is 0.325 e. The minimum absolute atomic E-state index is 0.202. The maximum absolute atomic E-state index is 12.6. The second kappa shape index (κ2) is 5.85. The van der Waals surface area contributed by atoms with Gasteiger partial charge in [-0.05, 0) is 11.6 Å². The summed E-state index contributed by atoms with van der Waals surface area (Å²) in [6.07, 6.45) is 0.202. The summed E-state index contributed by atoms with van der Waals surface area (Å²) in [5.74, 6) is -0.943. The number of fused-ring (bicyclic) bond motifs is 1. The van der Waals surface area contributed by atoms with Crippen LogP contribution in [0, 0.1) is 0 Å². The fraction of sp³-hybridized carbons (Fsp3) is 0.222. The molecule has 1 heterocycles. The molecule has 0 saturated heterocycles. The third kappa shape index (κ3) is 2.59. The molecule has 5 nitrogen and oxygen atoms in total. The number of carbonyl (C=O) groups excluding carboxylic acids is 2. The van der Waals surface area contributed by atoms with Crippen molar-refractivity contribution in [3.05, 3.63) is 71.3 Å². The van der Waals surface area contributed by atoms with E-state index >= 15 is 0 Å². The van der Waals surface area contributed by atoms with Crippen LogP contribution in [-0.2, 0) is 21.7 Å². The fourth-order valence-corrected chi connectivity index (χ4v) is 2.94. The summed E-state index contributed by atoms with van der Waals surface area (Å²) < 4.78 is 4.66. The molecule has 2 aromatic carbocycles. The molecule has 1 atom stereocenters. The molecule has 3 rings (SSSR count). The number of methoxy groups -OCH3 is 1. The number of carbonyl (C=O) groups is 2.